The van der Waals surface area contributed by atoms with Gasteiger partial charge in [-0.3, -0.25) is 8.98 Å². The van der Waals surface area contributed by atoms with E-state index in [0.29, 0.717) is 12.8 Å². The van der Waals surface area contributed by atoms with Crippen LogP contribution in [0.5, 0.6) is 0 Å². The van der Waals surface area contributed by atoms with Crippen LogP contribution in [0, 0.1) is 39.4 Å². The first kappa shape index (κ1) is 21.4. The lowest BCUT2D eigenvalue weighted by Gasteiger charge is -2.36. The Morgan fingerprint density at radius 1 is 1.19 bits per heavy atom. The van der Waals surface area contributed by atoms with Crippen LogP contribution >= 0.6 is 0 Å². The Morgan fingerprint density at radius 3 is 2.15 bits per heavy atom. The molecule has 2 bridgehead atoms. The second kappa shape index (κ2) is 6.34. The van der Waals surface area contributed by atoms with Gasteiger partial charge < -0.3 is 0 Å². The van der Waals surface area contributed by atoms with Gasteiger partial charge in [0.15, 0.2) is 0 Å². The summed E-state index contributed by atoms with van der Waals surface area (Å²) < 4.78 is 31.5. The molecule has 3 atom stereocenters. The molecule has 148 valence electrons. The molecule has 0 aliphatic heterocycles. The maximum absolute atomic E-state index is 12.9. The van der Waals surface area contributed by atoms with Crippen molar-refractivity contribution in [1.29, 1.82) is 0 Å². The predicted octanol–water partition coefficient (Wildman–Crippen LogP) is 4.19. The molecule has 2 aliphatic carbocycles. The Balaban J connectivity index is 2.29. The van der Waals surface area contributed by atoms with Crippen molar-refractivity contribution in [3.8, 4) is 11.8 Å². The third-order valence-electron chi connectivity index (χ3n) is 6.17. The molecule has 0 aromatic heterocycles. The first-order valence-corrected chi connectivity index (χ1v) is 11.0. The van der Waals surface area contributed by atoms with Crippen molar-refractivity contribution in [2.45, 2.75) is 80.8 Å². The minimum absolute atomic E-state index is 0.0824. The van der Waals surface area contributed by atoms with Gasteiger partial charge in [-0.1, -0.05) is 46.5 Å². The van der Waals surface area contributed by atoms with E-state index < -0.39 is 27.1 Å². The molecular weight excluding hydrogens is 348 g/mol. The van der Waals surface area contributed by atoms with E-state index in [4.69, 9.17) is 4.18 Å². The molecule has 0 N–H and O–H groups in total. The van der Waals surface area contributed by atoms with E-state index in [1.54, 1.807) is 0 Å². The van der Waals surface area contributed by atoms with Gasteiger partial charge in [-0.05, 0) is 44.9 Å². The van der Waals surface area contributed by atoms with Crippen LogP contribution < -0.4 is 0 Å². The van der Waals surface area contributed by atoms with E-state index in [1.807, 2.05) is 55.4 Å². The van der Waals surface area contributed by atoms with Crippen molar-refractivity contribution in [2.75, 3.05) is 5.75 Å². The van der Waals surface area contributed by atoms with E-state index in [0.717, 1.165) is 6.42 Å². The average molecular weight is 383 g/mol. The van der Waals surface area contributed by atoms with Crippen molar-refractivity contribution in [1.82, 2.24) is 0 Å². The molecule has 2 fully saturated rings. The molecule has 0 unspecified atom stereocenters. The second-order valence-corrected chi connectivity index (χ2v) is 12.3. The summed E-state index contributed by atoms with van der Waals surface area (Å²) in [5.41, 5.74) is -1.79. The Hall–Kier alpha value is -0.860. The van der Waals surface area contributed by atoms with Gasteiger partial charge in [-0.2, -0.15) is 8.42 Å². The van der Waals surface area contributed by atoms with Crippen molar-refractivity contribution in [3.63, 3.8) is 0 Å². The largest absolute Gasteiger partial charge is 0.299 e. The molecule has 2 aliphatic rings. The lowest BCUT2D eigenvalue weighted by molar-refractivity contribution is -0.128. The number of fused-ring (bicyclic) bond motifs is 2. The monoisotopic (exact) mass is 382 g/mol. The Bertz CT molecular complexity index is 738. The summed E-state index contributed by atoms with van der Waals surface area (Å²) in [5.74, 6) is 6.25. The number of carbonyl (C=O) groups is 1. The first-order chi connectivity index (χ1) is 11.5. The van der Waals surface area contributed by atoms with E-state index in [1.165, 1.54) is 0 Å². The van der Waals surface area contributed by atoms with Gasteiger partial charge in [-0.25, -0.2) is 0 Å². The Labute approximate surface area is 159 Å². The zero-order chi connectivity index (χ0) is 20.2. The molecule has 4 nitrogen and oxygen atoms in total. The maximum Gasteiger partial charge on any atom is 0.269 e. The number of hydrogen-bond donors (Lipinski definition) is 0. The van der Waals surface area contributed by atoms with Crippen LogP contribution in [-0.2, 0) is 19.1 Å². The first-order valence-electron chi connectivity index (χ1n) is 9.47. The highest BCUT2D eigenvalue weighted by Gasteiger charge is 2.65. The third kappa shape index (κ3) is 4.02. The molecule has 0 heterocycles. The van der Waals surface area contributed by atoms with Crippen LogP contribution in [0.1, 0.15) is 74.7 Å². The van der Waals surface area contributed by atoms with Gasteiger partial charge in [-0.15, -0.1) is 0 Å². The van der Waals surface area contributed by atoms with Crippen molar-refractivity contribution in [2.24, 2.45) is 27.6 Å². The van der Waals surface area contributed by atoms with Gasteiger partial charge in [0.1, 0.15) is 11.9 Å². The summed E-state index contributed by atoms with van der Waals surface area (Å²) in [5, 5.41) is 0. The molecule has 0 aromatic carbocycles. The fourth-order valence-electron chi connectivity index (χ4n) is 4.26. The highest BCUT2D eigenvalue weighted by Crippen LogP contribution is 2.64. The third-order valence-corrected chi connectivity index (χ3v) is 7.50. The molecule has 2 rings (SSSR count). The number of hydrogen-bond acceptors (Lipinski definition) is 4. The van der Waals surface area contributed by atoms with Crippen LogP contribution in [-0.4, -0.2) is 26.1 Å². The van der Waals surface area contributed by atoms with Crippen molar-refractivity contribution in [3.05, 3.63) is 0 Å². The van der Waals surface area contributed by atoms with Crippen LogP contribution in [0.15, 0.2) is 0 Å². The average Bonchev–Trinajstić information content (AvgIpc) is 2.74. The quantitative estimate of drug-likeness (QED) is 0.540. The van der Waals surface area contributed by atoms with Crippen LogP contribution in [0.4, 0.5) is 0 Å². The highest BCUT2D eigenvalue weighted by molar-refractivity contribution is 7.86. The fraction of sp³-hybridized carbons (Fsp3) is 0.857. The summed E-state index contributed by atoms with van der Waals surface area (Å²) >= 11 is 0. The van der Waals surface area contributed by atoms with Crippen LogP contribution in [0.3, 0.4) is 0 Å². The van der Waals surface area contributed by atoms with Crippen LogP contribution in [0.2, 0.25) is 0 Å². The highest BCUT2D eigenvalue weighted by atomic mass is 32.2. The summed E-state index contributed by atoms with van der Waals surface area (Å²) in [4.78, 5) is 12.6. The SMILES string of the molecule is CC(C)(C)C#C[C@H](OS(=O)(=O)C[C@]12CC[C@@H](CC1=O)C2(C)C)C(C)(C)C. The van der Waals surface area contributed by atoms with E-state index >= 15 is 0 Å². The van der Waals surface area contributed by atoms with Gasteiger partial charge in [0, 0.05) is 17.3 Å². The maximum atomic E-state index is 12.9. The lowest BCUT2D eigenvalue weighted by atomic mass is 9.70. The molecule has 26 heavy (non-hydrogen) atoms. The molecule has 5 heteroatoms. The molecule has 0 spiro atoms. The molecule has 0 amide bonds. The molecular formula is C21H34O4S. The fourth-order valence-corrected chi connectivity index (χ4v) is 6.24. The summed E-state index contributed by atoms with van der Waals surface area (Å²) in [7, 11) is -3.89. The van der Waals surface area contributed by atoms with Gasteiger partial charge in [0.2, 0.25) is 0 Å². The summed E-state index contributed by atoms with van der Waals surface area (Å²) in [6, 6.07) is 0. The Morgan fingerprint density at radius 2 is 1.77 bits per heavy atom. The van der Waals surface area contributed by atoms with E-state index in [2.05, 4.69) is 11.8 Å². The second-order valence-electron chi connectivity index (χ2n) is 10.7. The van der Waals surface area contributed by atoms with Gasteiger partial charge in [0.25, 0.3) is 10.1 Å². The Kier molecular flexibility index (Phi) is 5.23. The zero-order valence-corrected chi connectivity index (χ0v) is 18.3. The number of rotatable bonds is 4. The minimum Gasteiger partial charge on any atom is -0.299 e. The summed E-state index contributed by atoms with van der Waals surface area (Å²) in [6.07, 6.45) is 1.32. The van der Waals surface area contributed by atoms with Gasteiger partial charge in [0.05, 0.1) is 11.2 Å². The number of ketones is 1. The van der Waals surface area contributed by atoms with E-state index in [-0.39, 0.29) is 28.3 Å². The lowest BCUT2D eigenvalue weighted by Crippen LogP contribution is -2.44. The molecule has 0 radical (unpaired) electrons. The smallest absolute Gasteiger partial charge is 0.269 e. The number of Topliss-reactive ketones (excluding diaryl/α,β-unsaturated/α-hetero) is 1. The van der Waals surface area contributed by atoms with Gasteiger partial charge >= 0.3 is 0 Å². The standard InChI is InChI=1S/C21H34O4S/c1-18(2,3)11-10-17(19(4,5)6)25-26(23,24)14-21-12-9-15(13-16(21)22)20(21,7)8/h15,17H,9,12-14H2,1-8H3/t15-,17-,21+/m0/s1. The molecule has 0 saturated heterocycles. The topological polar surface area (TPSA) is 60.4 Å². The van der Waals surface area contributed by atoms with E-state index in [9.17, 15) is 13.2 Å². The minimum atomic E-state index is -3.89. The zero-order valence-electron chi connectivity index (χ0n) is 17.5. The normalized spacial score (nSPS) is 29.4. The number of carbonyl (C=O) groups excluding carboxylic acids is 1. The summed E-state index contributed by atoms with van der Waals surface area (Å²) in [6.45, 7) is 15.7. The van der Waals surface area contributed by atoms with Crippen LogP contribution in [0.25, 0.3) is 0 Å². The molecule has 2 saturated carbocycles. The predicted molar refractivity (Wildman–Crippen MR) is 104 cm³/mol. The molecule has 0 aromatic rings. The van der Waals surface area contributed by atoms with Crippen molar-refractivity contribution < 1.29 is 17.4 Å². The van der Waals surface area contributed by atoms with Crippen molar-refractivity contribution >= 4 is 15.9 Å².